The van der Waals surface area contributed by atoms with Gasteiger partial charge in [0.05, 0.1) is 11.4 Å². The molecule has 1 aromatic carbocycles. The number of aryl methyl sites for hydroxylation is 3. The number of hydrogen-bond donors (Lipinski definition) is 0. The minimum Gasteiger partial charge on any atom is -0.261 e. The lowest BCUT2D eigenvalue weighted by Crippen LogP contribution is -1.96. The summed E-state index contributed by atoms with van der Waals surface area (Å²) >= 11 is 0. The van der Waals surface area contributed by atoms with Gasteiger partial charge in [-0.15, -0.1) is 0 Å². The molecule has 0 N–H and O–H groups in total. The maximum absolute atomic E-state index is 4.77. The summed E-state index contributed by atoms with van der Waals surface area (Å²) in [4.78, 5) is 13.9. The predicted octanol–water partition coefficient (Wildman–Crippen LogP) is 5.08. The van der Waals surface area contributed by atoms with E-state index in [9.17, 15) is 0 Å². The number of rotatable bonds is 1. The Morgan fingerprint density at radius 2 is 1.62 bits per heavy atom. The highest BCUT2D eigenvalue weighted by atomic mass is 14.8. The second kappa shape index (κ2) is 5.38. The van der Waals surface area contributed by atoms with E-state index in [4.69, 9.17) is 4.98 Å². The van der Waals surface area contributed by atoms with Crippen molar-refractivity contribution in [2.45, 2.75) is 27.7 Å². The van der Waals surface area contributed by atoms with Crippen molar-refractivity contribution in [3.05, 3.63) is 65.2 Å². The molecule has 3 aromatic heterocycles. The fourth-order valence-electron chi connectivity index (χ4n) is 3.21. The molecule has 0 unspecified atom stereocenters. The number of benzene rings is 1. The quantitative estimate of drug-likeness (QED) is 0.460. The van der Waals surface area contributed by atoms with Gasteiger partial charge in [-0.25, -0.2) is 0 Å². The Kier molecular flexibility index (Phi) is 3.31. The van der Waals surface area contributed by atoms with Crippen LogP contribution in [-0.4, -0.2) is 15.0 Å². The lowest BCUT2D eigenvalue weighted by molar-refractivity contribution is 1.11. The maximum atomic E-state index is 4.77. The van der Waals surface area contributed by atoms with Gasteiger partial charge in [0.2, 0.25) is 0 Å². The molecule has 3 nitrogen and oxygen atoms in total. The van der Waals surface area contributed by atoms with Crippen LogP contribution in [0.2, 0.25) is 0 Å². The summed E-state index contributed by atoms with van der Waals surface area (Å²) < 4.78 is 0. The van der Waals surface area contributed by atoms with Crippen molar-refractivity contribution in [2.24, 2.45) is 0 Å². The Morgan fingerprint density at radius 1 is 0.792 bits per heavy atom. The average molecular weight is 313 g/mol. The van der Waals surface area contributed by atoms with Gasteiger partial charge < -0.3 is 0 Å². The molecule has 0 fully saturated rings. The summed E-state index contributed by atoms with van der Waals surface area (Å²) in [6, 6.07) is 10.6. The SMILES string of the molecule is Cc1cc2ccc3c(-c4cc(C)c(C)c(C)n4)nccc3c2cn1. The number of hydrogen-bond acceptors (Lipinski definition) is 3. The average Bonchev–Trinajstić information content (AvgIpc) is 2.58. The van der Waals surface area contributed by atoms with Gasteiger partial charge in [-0.1, -0.05) is 12.1 Å². The molecule has 0 radical (unpaired) electrons. The van der Waals surface area contributed by atoms with Gasteiger partial charge in [0.1, 0.15) is 0 Å². The number of fused-ring (bicyclic) bond motifs is 3. The van der Waals surface area contributed by atoms with E-state index >= 15 is 0 Å². The fraction of sp³-hybridized carbons (Fsp3) is 0.190. The highest BCUT2D eigenvalue weighted by Gasteiger charge is 2.11. The molecule has 118 valence electrons. The van der Waals surface area contributed by atoms with Crippen LogP contribution >= 0.6 is 0 Å². The molecule has 0 aliphatic rings. The van der Waals surface area contributed by atoms with Crippen molar-refractivity contribution in [2.75, 3.05) is 0 Å². The third-order valence-electron chi connectivity index (χ3n) is 4.80. The zero-order valence-electron chi connectivity index (χ0n) is 14.4. The molecule has 0 aliphatic carbocycles. The summed E-state index contributed by atoms with van der Waals surface area (Å²) in [5.41, 5.74) is 6.43. The molecular weight excluding hydrogens is 294 g/mol. The summed E-state index contributed by atoms with van der Waals surface area (Å²) in [6.45, 7) is 8.31. The van der Waals surface area contributed by atoms with E-state index in [1.165, 1.54) is 21.9 Å². The molecule has 24 heavy (non-hydrogen) atoms. The van der Waals surface area contributed by atoms with Crippen LogP contribution in [-0.2, 0) is 0 Å². The lowest BCUT2D eigenvalue weighted by Gasteiger charge is -2.11. The van der Waals surface area contributed by atoms with Crippen LogP contribution in [0.3, 0.4) is 0 Å². The third-order valence-corrected chi connectivity index (χ3v) is 4.80. The molecule has 0 atom stereocenters. The van der Waals surface area contributed by atoms with E-state index < -0.39 is 0 Å². The van der Waals surface area contributed by atoms with Gasteiger partial charge in [-0.3, -0.25) is 15.0 Å². The first kappa shape index (κ1) is 14.8. The van der Waals surface area contributed by atoms with Crippen LogP contribution in [0, 0.1) is 27.7 Å². The van der Waals surface area contributed by atoms with E-state index in [0.717, 1.165) is 33.5 Å². The van der Waals surface area contributed by atoms with Crippen LogP contribution in [0.25, 0.3) is 32.9 Å². The monoisotopic (exact) mass is 313 g/mol. The summed E-state index contributed by atoms with van der Waals surface area (Å²) in [5, 5.41) is 4.65. The molecule has 3 heteroatoms. The van der Waals surface area contributed by atoms with Crippen LogP contribution in [0.1, 0.15) is 22.5 Å². The van der Waals surface area contributed by atoms with Crippen LogP contribution in [0.15, 0.2) is 42.7 Å². The van der Waals surface area contributed by atoms with E-state index in [1.807, 2.05) is 19.3 Å². The molecule has 0 aliphatic heterocycles. The molecule has 0 spiro atoms. The molecule has 4 aromatic rings. The van der Waals surface area contributed by atoms with Gasteiger partial charge in [-0.05, 0) is 67.8 Å². The summed E-state index contributed by atoms with van der Waals surface area (Å²) in [5.74, 6) is 0. The Balaban J connectivity index is 2.05. The minimum atomic E-state index is 0.931. The number of aromatic nitrogens is 3. The Labute approximate surface area is 141 Å². The van der Waals surface area contributed by atoms with Crippen molar-refractivity contribution >= 4 is 21.5 Å². The number of nitrogens with zero attached hydrogens (tertiary/aromatic N) is 3. The zero-order valence-corrected chi connectivity index (χ0v) is 14.4. The van der Waals surface area contributed by atoms with E-state index in [0.29, 0.717) is 0 Å². The summed E-state index contributed by atoms with van der Waals surface area (Å²) in [6.07, 6.45) is 3.82. The Hall–Kier alpha value is -2.81. The standard InChI is InChI=1S/C21H19N3/c1-12-9-20(24-15(4)14(12)3)21-18-6-5-16-10-13(2)23-11-19(16)17(18)7-8-22-21/h5-11H,1-4H3. The molecule has 0 saturated heterocycles. The first-order valence-electron chi connectivity index (χ1n) is 8.14. The highest BCUT2D eigenvalue weighted by Crippen LogP contribution is 2.31. The van der Waals surface area contributed by atoms with Gasteiger partial charge in [0.15, 0.2) is 0 Å². The number of pyridine rings is 3. The van der Waals surface area contributed by atoms with E-state index in [-0.39, 0.29) is 0 Å². The molecular formula is C21H19N3. The molecule has 0 saturated carbocycles. The largest absolute Gasteiger partial charge is 0.261 e. The predicted molar refractivity (Wildman–Crippen MR) is 99.2 cm³/mol. The zero-order chi connectivity index (χ0) is 16.8. The first-order valence-corrected chi connectivity index (χ1v) is 8.14. The first-order chi connectivity index (χ1) is 11.5. The van der Waals surface area contributed by atoms with Gasteiger partial charge in [0, 0.05) is 34.6 Å². The van der Waals surface area contributed by atoms with Crippen LogP contribution < -0.4 is 0 Å². The smallest absolute Gasteiger partial charge is 0.0964 e. The van der Waals surface area contributed by atoms with Gasteiger partial charge >= 0.3 is 0 Å². The van der Waals surface area contributed by atoms with E-state index in [1.54, 1.807) is 0 Å². The minimum absolute atomic E-state index is 0.931. The van der Waals surface area contributed by atoms with Crippen LogP contribution in [0.4, 0.5) is 0 Å². The third kappa shape index (κ3) is 2.24. The second-order valence-corrected chi connectivity index (χ2v) is 6.40. The van der Waals surface area contributed by atoms with Crippen molar-refractivity contribution in [1.82, 2.24) is 15.0 Å². The normalized spacial score (nSPS) is 11.3. The molecule has 4 rings (SSSR count). The molecule has 0 bridgehead atoms. The second-order valence-electron chi connectivity index (χ2n) is 6.40. The van der Waals surface area contributed by atoms with Crippen molar-refractivity contribution in [1.29, 1.82) is 0 Å². The highest BCUT2D eigenvalue weighted by molar-refractivity contribution is 6.10. The van der Waals surface area contributed by atoms with Gasteiger partial charge in [-0.2, -0.15) is 0 Å². The Bertz CT molecular complexity index is 1070. The maximum Gasteiger partial charge on any atom is 0.0964 e. The van der Waals surface area contributed by atoms with Crippen molar-refractivity contribution in [3.63, 3.8) is 0 Å². The lowest BCUT2D eigenvalue weighted by atomic mass is 10.00. The van der Waals surface area contributed by atoms with Gasteiger partial charge in [0.25, 0.3) is 0 Å². The topological polar surface area (TPSA) is 38.7 Å². The van der Waals surface area contributed by atoms with E-state index in [2.05, 4.69) is 61.1 Å². The Morgan fingerprint density at radius 3 is 2.42 bits per heavy atom. The van der Waals surface area contributed by atoms with Crippen molar-refractivity contribution < 1.29 is 0 Å². The molecule has 3 heterocycles. The van der Waals surface area contributed by atoms with Crippen LogP contribution in [0.5, 0.6) is 0 Å². The molecule has 0 amide bonds. The van der Waals surface area contributed by atoms with Crippen molar-refractivity contribution in [3.8, 4) is 11.4 Å². The summed E-state index contributed by atoms with van der Waals surface area (Å²) in [7, 11) is 0. The fourth-order valence-corrected chi connectivity index (χ4v) is 3.21.